The lowest BCUT2D eigenvalue weighted by atomic mass is 9.91. The highest BCUT2D eigenvalue weighted by atomic mass is 16.5. The first-order chi connectivity index (χ1) is 15.0. The van der Waals surface area contributed by atoms with Crippen molar-refractivity contribution in [3.63, 3.8) is 0 Å². The van der Waals surface area contributed by atoms with Crippen LogP contribution in [0.3, 0.4) is 0 Å². The van der Waals surface area contributed by atoms with Crippen LogP contribution in [0.15, 0.2) is 66.7 Å². The Morgan fingerprint density at radius 3 is 2.35 bits per heavy atom. The number of para-hydroxylation sites is 1. The van der Waals surface area contributed by atoms with Crippen molar-refractivity contribution in [3.8, 4) is 11.5 Å². The number of imide groups is 1. The van der Waals surface area contributed by atoms with Crippen molar-refractivity contribution >= 4 is 29.2 Å². The van der Waals surface area contributed by atoms with Gasteiger partial charge in [-0.3, -0.25) is 9.59 Å². The first kappa shape index (κ1) is 20.4. The van der Waals surface area contributed by atoms with Gasteiger partial charge in [0.05, 0.1) is 19.4 Å². The Morgan fingerprint density at radius 1 is 0.903 bits per heavy atom. The van der Waals surface area contributed by atoms with Crippen molar-refractivity contribution in [2.24, 2.45) is 0 Å². The van der Waals surface area contributed by atoms with E-state index < -0.39 is 0 Å². The van der Waals surface area contributed by atoms with Gasteiger partial charge in [0.1, 0.15) is 0 Å². The number of fused-ring (bicyclic) bond motifs is 1. The molecule has 31 heavy (non-hydrogen) atoms. The third-order valence-corrected chi connectivity index (χ3v) is 5.16. The molecule has 4 rings (SSSR count). The van der Waals surface area contributed by atoms with E-state index in [9.17, 15) is 9.59 Å². The summed E-state index contributed by atoms with van der Waals surface area (Å²) >= 11 is 0. The van der Waals surface area contributed by atoms with Crippen LogP contribution in [0.4, 0.5) is 5.69 Å². The zero-order valence-corrected chi connectivity index (χ0v) is 17.7. The number of amides is 2. The molecule has 3 aromatic carbocycles. The Kier molecular flexibility index (Phi) is 5.58. The molecule has 1 aliphatic rings. The van der Waals surface area contributed by atoms with Crippen molar-refractivity contribution in [2.45, 2.75) is 13.8 Å². The Balaban J connectivity index is 1.91. The van der Waals surface area contributed by atoms with Crippen molar-refractivity contribution in [1.82, 2.24) is 0 Å². The molecule has 0 bridgehead atoms. The molecule has 0 saturated heterocycles. The summed E-state index contributed by atoms with van der Waals surface area (Å²) in [7, 11) is 1.57. The lowest BCUT2D eigenvalue weighted by molar-refractivity contribution is -0.112. The van der Waals surface area contributed by atoms with Crippen LogP contribution in [0.1, 0.15) is 34.0 Å². The molecule has 5 heteroatoms. The predicted octanol–water partition coefficient (Wildman–Crippen LogP) is 5.13. The quantitative estimate of drug-likeness (QED) is 0.430. The minimum Gasteiger partial charge on any atom is -0.492 e. The van der Waals surface area contributed by atoms with Crippen LogP contribution >= 0.6 is 0 Å². The topological polar surface area (TPSA) is 55.8 Å². The lowest BCUT2D eigenvalue weighted by Gasteiger charge is -2.29. The molecule has 3 aromatic rings. The normalized spacial score (nSPS) is 14.5. The highest BCUT2D eigenvalue weighted by Crippen LogP contribution is 2.37. The van der Waals surface area contributed by atoms with E-state index in [4.69, 9.17) is 9.47 Å². The average Bonchev–Trinajstić information content (AvgIpc) is 2.77. The molecule has 156 valence electrons. The number of ether oxygens (including phenoxy) is 2. The van der Waals surface area contributed by atoms with E-state index in [-0.39, 0.29) is 11.8 Å². The maximum Gasteiger partial charge on any atom is 0.265 e. The van der Waals surface area contributed by atoms with Gasteiger partial charge in [0.15, 0.2) is 11.5 Å². The highest BCUT2D eigenvalue weighted by Gasteiger charge is 2.36. The number of anilines is 1. The maximum absolute atomic E-state index is 13.6. The van der Waals surface area contributed by atoms with E-state index in [1.165, 1.54) is 4.90 Å². The molecule has 0 aliphatic carbocycles. The highest BCUT2D eigenvalue weighted by molar-refractivity contribution is 6.43. The van der Waals surface area contributed by atoms with Gasteiger partial charge in [-0.2, -0.15) is 0 Å². The number of benzene rings is 3. The molecule has 0 spiro atoms. The summed E-state index contributed by atoms with van der Waals surface area (Å²) in [4.78, 5) is 28.1. The third kappa shape index (κ3) is 3.70. The standard InChI is InChI=1S/C26H23NO4/c1-4-31-23-14-8-10-18(24(23)30-3)16-22-20-12-5-6-13-21(20)25(28)27(26(22)29)19-11-7-9-17(2)15-19/h5-16H,4H2,1-3H3/b22-16-. The number of carbonyl (C=O) groups excluding carboxylic acids is 2. The number of nitrogens with zero attached hydrogens (tertiary/aromatic N) is 1. The Bertz CT molecular complexity index is 1200. The van der Waals surface area contributed by atoms with E-state index in [1.54, 1.807) is 37.5 Å². The third-order valence-electron chi connectivity index (χ3n) is 5.16. The Labute approximate surface area is 181 Å². The molecule has 5 nitrogen and oxygen atoms in total. The van der Waals surface area contributed by atoms with Gasteiger partial charge in [-0.05, 0) is 55.3 Å². The molecule has 0 unspecified atom stereocenters. The molecule has 2 amide bonds. The van der Waals surface area contributed by atoms with Crippen molar-refractivity contribution in [1.29, 1.82) is 0 Å². The van der Waals surface area contributed by atoms with Crippen LogP contribution in [0.5, 0.6) is 11.5 Å². The molecule has 1 aliphatic heterocycles. The average molecular weight is 413 g/mol. The first-order valence-corrected chi connectivity index (χ1v) is 10.1. The molecule has 0 radical (unpaired) electrons. The summed E-state index contributed by atoms with van der Waals surface area (Å²) in [5, 5.41) is 0. The molecule has 0 aromatic heterocycles. The fraction of sp³-hybridized carbons (Fsp3) is 0.154. The largest absolute Gasteiger partial charge is 0.492 e. The van der Waals surface area contributed by atoms with Gasteiger partial charge in [0.2, 0.25) is 0 Å². The zero-order valence-electron chi connectivity index (χ0n) is 17.7. The molecule has 0 N–H and O–H groups in total. The van der Waals surface area contributed by atoms with Gasteiger partial charge in [-0.1, -0.05) is 42.5 Å². The van der Waals surface area contributed by atoms with Crippen LogP contribution < -0.4 is 14.4 Å². The molecule has 1 heterocycles. The predicted molar refractivity (Wildman–Crippen MR) is 121 cm³/mol. The fourth-order valence-corrected chi connectivity index (χ4v) is 3.78. The smallest absolute Gasteiger partial charge is 0.265 e. The number of hydrogen-bond donors (Lipinski definition) is 0. The van der Waals surface area contributed by atoms with E-state index in [2.05, 4.69) is 0 Å². The molecule has 0 saturated carbocycles. The molecular formula is C26H23NO4. The minimum absolute atomic E-state index is 0.335. The molecule has 0 atom stereocenters. The number of methoxy groups -OCH3 is 1. The second kappa shape index (κ2) is 8.48. The zero-order chi connectivity index (χ0) is 22.0. The summed E-state index contributed by atoms with van der Waals surface area (Å²) < 4.78 is 11.3. The van der Waals surface area contributed by atoms with E-state index in [0.717, 1.165) is 5.56 Å². The summed E-state index contributed by atoms with van der Waals surface area (Å²) in [5.74, 6) is 0.431. The summed E-state index contributed by atoms with van der Waals surface area (Å²) in [5.41, 5.74) is 3.72. The van der Waals surface area contributed by atoms with E-state index in [0.29, 0.717) is 46.1 Å². The first-order valence-electron chi connectivity index (χ1n) is 10.1. The minimum atomic E-state index is -0.377. The number of rotatable bonds is 5. The number of hydrogen-bond acceptors (Lipinski definition) is 4. The lowest BCUT2D eigenvalue weighted by Crippen LogP contribution is -2.41. The summed E-state index contributed by atoms with van der Waals surface area (Å²) in [6.45, 7) is 4.32. The second-order valence-corrected chi connectivity index (χ2v) is 7.20. The van der Waals surface area contributed by atoms with Gasteiger partial charge >= 0.3 is 0 Å². The van der Waals surface area contributed by atoms with Gasteiger partial charge < -0.3 is 9.47 Å². The Hall–Kier alpha value is -3.86. The van der Waals surface area contributed by atoms with Crippen LogP contribution in [0.2, 0.25) is 0 Å². The van der Waals surface area contributed by atoms with Crippen LogP contribution in [0, 0.1) is 6.92 Å². The monoisotopic (exact) mass is 413 g/mol. The van der Waals surface area contributed by atoms with Crippen LogP contribution in [-0.2, 0) is 4.79 Å². The van der Waals surface area contributed by atoms with Crippen LogP contribution in [0.25, 0.3) is 11.6 Å². The molecule has 0 fully saturated rings. The van der Waals surface area contributed by atoms with Crippen molar-refractivity contribution < 1.29 is 19.1 Å². The van der Waals surface area contributed by atoms with Crippen LogP contribution in [-0.4, -0.2) is 25.5 Å². The number of aryl methyl sites for hydroxylation is 1. The summed E-state index contributed by atoms with van der Waals surface area (Å²) in [6, 6.07) is 20.1. The summed E-state index contributed by atoms with van der Waals surface area (Å²) in [6.07, 6.45) is 1.76. The van der Waals surface area contributed by atoms with Gasteiger partial charge in [-0.25, -0.2) is 4.90 Å². The van der Waals surface area contributed by atoms with Crippen molar-refractivity contribution in [2.75, 3.05) is 18.6 Å². The van der Waals surface area contributed by atoms with Gasteiger partial charge in [0, 0.05) is 16.7 Å². The van der Waals surface area contributed by atoms with Crippen molar-refractivity contribution in [3.05, 3.63) is 89.0 Å². The van der Waals surface area contributed by atoms with Gasteiger partial charge in [-0.15, -0.1) is 0 Å². The van der Waals surface area contributed by atoms with Gasteiger partial charge in [0.25, 0.3) is 11.8 Å². The maximum atomic E-state index is 13.6. The van der Waals surface area contributed by atoms with E-state index >= 15 is 0 Å². The van der Waals surface area contributed by atoms with E-state index in [1.807, 2.05) is 56.3 Å². The fourth-order valence-electron chi connectivity index (χ4n) is 3.78. The molecular weight excluding hydrogens is 390 g/mol. The second-order valence-electron chi connectivity index (χ2n) is 7.20. The Morgan fingerprint density at radius 2 is 1.65 bits per heavy atom. The number of carbonyl (C=O) groups is 2. The SMILES string of the molecule is CCOc1cccc(/C=C2\C(=O)N(c3cccc(C)c3)C(=O)c3ccccc32)c1OC.